The molecule has 1 amide bonds. The van der Waals surface area contributed by atoms with E-state index in [9.17, 15) is 14.4 Å². The van der Waals surface area contributed by atoms with E-state index in [1.54, 1.807) is 43.3 Å². The van der Waals surface area contributed by atoms with E-state index in [2.05, 4.69) is 5.32 Å². The summed E-state index contributed by atoms with van der Waals surface area (Å²) in [4.78, 5) is 36.0. The van der Waals surface area contributed by atoms with Crippen molar-refractivity contribution in [1.82, 2.24) is 0 Å². The molecular formula is C19H17NO4. The van der Waals surface area contributed by atoms with Crippen LogP contribution in [0.15, 0.2) is 48.5 Å². The summed E-state index contributed by atoms with van der Waals surface area (Å²) in [6, 6.07) is 13.7. The smallest absolute Gasteiger partial charge is 0.339 e. The second-order valence-corrected chi connectivity index (χ2v) is 6.04. The van der Waals surface area contributed by atoms with Gasteiger partial charge in [0.2, 0.25) is 0 Å². The van der Waals surface area contributed by atoms with Crippen LogP contribution in [0.3, 0.4) is 0 Å². The van der Waals surface area contributed by atoms with E-state index < -0.39 is 17.5 Å². The van der Waals surface area contributed by atoms with Gasteiger partial charge in [0.25, 0.3) is 5.91 Å². The van der Waals surface area contributed by atoms with Crippen LogP contribution in [0.5, 0.6) is 0 Å². The maximum absolute atomic E-state index is 12.6. The van der Waals surface area contributed by atoms with Crippen LogP contribution in [0.1, 0.15) is 40.1 Å². The van der Waals surface area contributed by atoms with Gasteiger partial charge >= 0.3 is 5.97 Å². The summed E-state index contributed by atoms with van der Waals surface area (Å²) in [6.07, 6.45) is 0.312. The van der Waals surface area contributed by atoms with Crippen molar-refractivity contribution in [2.24, 2.45) is 0 Å². The largest absolute Gasteiger partial charge is 0.445 e. The highest BCUT2D eigenvalue weighted by Gasteiger charge is 2.42. The molecule has 0 aromatic heterocycles. The third-order valence-corrected chi connectivity index (χ3v) is 4.11. The Morgan fingerprint density at radius 1 is 1.08 bits per heavy atom. The van der Waals surface area contributed by atoms with Crippen LogP contribution in [0.25, 0.3) is 0 Å². The molecule has 122 valence electrons. The molecular weight excluding hydrogens is 306 g/mol. The normalized spacial score (nSPS) is 19.2. The highest BCUT2D eigenvalue weighted by Crippen LogP contribution is 2.29. The zero-order valence-electron chi connectivity index (χ0n) is 13.5. The summed E-state index contributed by atoms with van der Waals surface area (Å²) in [6.45, 7) is 3.08. The quantitative estimate of drug-likeness (QED) is 0.696. The fourth-order valence-electron chi connectivity index (χ4n) is 2.71. The minimum atomic E-state index is -1.27. The SMILES string of the molecule is CC(=O)c1ccc(NC(=O)[C@@]2(C)Cc3ccccc3C(=O)O2)cc1. The molecule has 5 heteroatoms. The molecule has 1 N–H and O–H groups in total. The zero-order valence-corrected chi connectivity index (χ0v) is 13.5. The van der Waals surface area contributed by atoms with Gasteiger partial charge in [0, 0.05) is 17.7 Å². The van der Waals surface area contributed by atoms with Crippen molar-refractivity contribution in [2.75, 3.05) is 5.32 Å². The van der Waals surface area contributed by atoms with Gasteiger partial charge in [-0.2, -0.15) is 0 Å². The van der Waals surface area contributed by atoms with Gasteiger partial charge in [-0.3, -0.25) is 9.59 Å². The lowest BCUT2D eigenvalue weighted by atomic mass is 9.89. The van der Waals surface area contributed by atoms with Crippen LogP contribution >= 0.6 is 0 Å². The Hall–Kier alpha value is -2.95. The van der Waals surface area contributed by atoms with E-state index in [0.717, 1.165) is 5.56 Å². The molecule has 2 aromatic carbocycles. The standard InChI is InChI=1S/C19H17NO4/c1-12(21)13-7-9-15(10-8-13)20-18(23)19(2)11-14-5-3-4-6-16(14)17(22)24-19/h3-10H,11H2,1-2H3,(H,20,23)/t19-/m1/s1. The van der Waals surface area contributed by atoms with Crippen molar-refractivity contribution in [3.05, 3.63) is 65.2 Å². The first-order valence-electron chi connectivity index (χ1n) is 7.63. The first-order chi connectivity index (χ1) is 11.4. The average Bonchev–Trinajstić information content (AvgIpc) is 2.55. The number of hydrogen-bond acceptors (Lipinski definition) is 4. The molecule has 0 fully saturated rings. The fraction of sp³-hybridized carbons (Fsp3) is 0.211. The highest BCUT2D eigenvalue weighted by molar-refractivity contribution is 6.02. The molecule has 0 aliphatic carbocycles. The van der Waals surface area contributed by atoms with Gasteiger partial charge in [0.1, 0.15) is 0 Å². The Bertz CT molecular complexity index is 826. The van der Waals surface area contributed by atoms with Crippen LogP contribution in [-0.2, 0) is 16.0 Å². The number of amides is 1. The van der Waals surface area contributed by atoms with Crippen molar-refractivity contribution in [2.45, 2.75) is 25.9 Å². The van der Waals surface area contributed by atoms with E-state index in [0.29, 0.717) is 23.2 Å². The van der Waals surface area contributed by atoms with Gasteiger partial charge in [-0.1, -0.05) is 18.2 Å². The van der Waals surface area contributed by atoms with Gasteiger partial charge in [-0.05, 0) is 49.7 Å². The van der Waals surface area contributed by atoms with Crippen LogP contribution in [0.4, 0.5) is 5.69 Å². The van der Waals surface area contributed by atoms with Gasteiger partial charge in [-0.15, -0.1) is 0 Å². The summed E-state index contributed by atoms with van der Waals surface area (Å²) in [5, 5.41) is 2.74. The van der Waals surface area contributed by atoms with Crippen LogP contribution in [-0.4, -0.2) is 23.3 Å². The van der Waals surface area contributed by atoms with E-state index >= 15 is 0 Å². The molecule has 2 aromatic rings. The lowest BCUT2D eigenvalue weighted by Crippen LogP contribution is -2.48. The summed E-state index contributed by atoms with van der Waals surface area (Å²) < 4.78 is 5.39. The molecule has 3 rings (SSSR count). The van der Waals surface area contributed by atoms with Gasteiger partial charge in [0.15, 0.2) is 11.4 Å². The molecule has 5 nitrogen and oxygen atoms in total. The average molecular weight is 323 g/mol. The number of carbonyl (C=O) groups is 3. The molecule has 1 aliphatic rings. The second kappa shape index (κ2) is 5.92. The fourth-order valence-corrected chi connectivity index (χ4v) is 2.71. The molecule has 0 bridgehead atoms. The van der Waals surface area contributed by atoms with Crippen molar-refractivity contribution in [1.29, 1.82) is 0 Å². The van der Waals surface area contributed by atoms with Gasteiger partial charge in [-0.25, -0.2) is 4.79 Å². The van der Waals surface area contributed by atoms with E-state index in [-0.39, 0.29) is 5.78 Å². The zero-order chi connectivity index (χ0) is 17.3. The molecule has 0 spiro atoms. The maximum Gasteiger partial charge on any atom is 0.339 e. The molecule has 0 saturated heterocycles. The number of ketones is 1. The van der Waals surface area contributed by atoms with Gasteiger partial charge in [0.05, 0.1) is 5.56 Å². The van der Waals surface area contributed by atoms with Crippen molar-refractivity contribution < 1.29 is 19.1 Å². The minimum absolute atomic E-state index is 0.0438. The molecule has 0 radical (unpaired) electrons. The summed E-state index contributed by atoms with van der Waals surface area (Å²) >= 11 is 0. The Balaban J connectivity index is 1.80. The number of carbonyl (C=O) groups excluding carboxylic acids is 3. The lowest BCUT2D eigenvalue weighted by Gasteiger charge is -2.33. The van der Waals surface area contributed by atoms with Crippen LogP contribution < -0.4 is 5.32 Å². The number of hydrogen-bond donors (Lipinski definition) is 1. The van der Waals surface area contributed by atoms with Crippen LogP contribution in [0, 0.1) is 0 Å². The molecule has 0 saturated carbocycles. The van der Waals surface area contributed by atoms with E-state index in [1.165, 1.54) is 6.92 Å². The van der Waals surface area contributed by atoms with Gasteiger partial charge < -0.3 is 10.1 Å². The van der Waals surface area contributed by atoms with Crippen molar-refractivity contribution in [3.8, 4) is 0 Å². The third kappa shape index (κ3) is 2.93. The minimum Gasteiger partial charge on any atom is -0.445 e. The molecule has 1 atom stereocenters. The highest BCUT2D eigenvalue weighted by atomic mass is 16.6. The lowest BCUT2D eigenvalue weighted by molar-refractivity contribution is -0.134. The number of fused-ring (bicyclic) bond motifs is 1. The Labute approximate surface area is 139 Å². The molecule has 1 heterocycles. The molecule has 24 heavy (non-hydrogen) atoms. The van der Waals surface area contributed by atoms with Crippen LogP contribution in [0.2, 0.25) is 0 Å². The number of nitrogens with one attached hydrogen (secondary N) is 1. The predicted molar refractivity (Wildman–Crippen MR) is 89.0 cm³/mol. The number of cyclic esters (lactones) is 1. The number of Topliss-reactive ketones (excluding diaryl/α,β-unsaturated/α-hetero) is 1. The number of esters is 1. The monoisotopic (exact) mass is 323 g/mol. The summed E-state index contributed by atoms with van der Waals surface area (Å²) in [5.41, 5.74) is 1.12. The number of benzene rings is 2. The topological polar surface area (TPSA) is 72.5 Å². The first-order valence-corrected chi connectivity index (χ1v) is 7.63. The first kappa shape index (κ1) is 15.9. The summed E-state index contributed by atoms with van der Waals surface area (Å²) in [7, 11) is 0. The Morgan fingerprint density at radius 2 is 1.75 bits per heavy atom. The molecule has 0 unspecified atom stereocenters. The summed E-state index contributed by atoms with van der Waals surface area (Å²) in [5.74, 6) is -0.944. The Morgan fingerprint density at radius 3 is 2.42 bits per heavy atom. The van der Waals surface area contributed by atoms with E-state index in [4.69, 9.17) is 4.74 Å². The molecule has 1 aliphatic heterocycles. The Kier molecular flexibility index (Phi) is 3.93. The number of ether oxygens (including phenoxy) is 1. The van der Waals surface area contributed by atoms with Crippen molar-refractivity contribution >= 4 is 23.3 Å². The number of rotatable bonds is 3. The van der Waals surface area contributed by atoms with Crippen molar-refractivity contribution in [3.63, 3.8) is 0 Å². The maximum atomic E-state index is 12.6. The predicted octanol–water partition coefficient (Wildman–Crippen LogP) is 3.00. The number of anilines is 1. The second-order valence-electron chi connectivity index (χ2n) is 6.04. The van der Waals surface area contributed by atoms with E-state index in [1.807, 2.05) is 12.1 Å². The third-order valence-electron chi connectivity index (χ3n) is 4.11.